The summed E-state index contributed by atoms with van der Waals surface area (Å²) in [5, 5.41) is 0. The minimum atomic E-state index is -3.32. The van der Waals surface area contributed by atoms with E-state index in [9.17, 15) is 8.42 Å². The summed E-state index contributed by atoms with van der Waals surface area (Å²) in [6, 6.07) is 32.4. The monoisotopic (exact) mass is 454 g/mol. The molecular weight excluding hydrogens is 423 g/mol. The van der Waals surface area contributed by atoms with E-state index in [1.165, 1.54) is 16.7 Å². The van der Waals surface area contributed by atoms with Crippen molar-refractivity contribution >= 4 is 18.9 Å². The van der Waals surface area contributed by atoms with Crippen molar-refractivity contribution in [2.75, 3.05) is 12.4 Å². The second-order valence-corrected chi connectivity index (χ2v) is 10.7. The molecule has 3 aromatic carbocycles. The van der Waals surface area contributed by atoms with Gasteiger partial charge in [-0.05, 0) is 35.7 Å². The second-order valence-electron chi connectivity index (χ2n) is 7.85. The van der Waals surface area contributed by atoms with Gasteiger partial charge in [0.05, 0.1) is 6.26 Å². The molecule has 0 spiro atoms. The fourth-order valence-corrected chi connectivity index (χ4v) is 5.77. The highest BCUT2D eigenvalue weighted by atomic mass is 32.2. The Hall–Kier alpha value is -2.00. The smallest absolute Gasteiger partial charge is 0.251 e. The number of unbranched alkanes of at least 4 members (excludes halogenated alkanes) is 3. The zero-order chi connectivity index (χ0) is 22.0. The third-order valence-corrected chi connectivity index (χ3v) is 7.83. The van der Waals surface area contributed by atoms with E-state index in [1.807, 2.05) is 0 Å². The van der Waals surface area contributed by atoms with E-state index in [0.717, 1.165) is 44.5 Å². The minimum Gasteiger partial charge on any atom is -0.251 e. The lowest BCUT2D eigenvalue weighted by molar-refractivity contribution is 0.505. The van der Waals surface area contributed by atoms with Gasteiger partial charge in [0.25, 0.3) is 10.1 Å². The summed E-state index contributed by atoms with van der Waals surface area (Å²) < 4.78 is 27.0. The van der Waals surface area contributed by atoms with E-state index < -0.39 is 10.1 Å². The minimum absolute atomic E-state index is 0.0293. The Kier molecular flexibility index (Phi) is 8.83. The van der Waals surface area contributed by atoms with Crippen molar-refractivity contribution in [3.63, 3.8) is 0 Å². The fraction of sp³-hybridized carbons (Fsp3) is 0.308. The van der Waals surface area contributed by atoms with Gasteiger partial charge in [0, 0.05) is 14.2 Å². The molecule has 1 atom stereocenters. The average molecular weight is 455 g/mol. The fourth-order valence-electron chi connectivity index (χ4n) is 4.19. The van der Waals surface area contributed by atoms with Gasteiger partial charge in [-0.15, -0.1) is 0 Å². The third kappa shape index (κ3) is 6.74. The molecule has 1 unspecified atom stereocenters. The summed E-state index contributed by atoms with van der Waals surface area (Å²) in [7, 11) is -3.29. The first kappa shape index (κ1) is 23.7. The molecule has 3 rings (SSSR count). The number of hydrogen-bond acceptors (Lipinski definition) is 3. The molecule has 3 nitrogen and oxygen atoms in total. The Morgan fingerprint density at radius 1 is 0.677 bits per heavy atom. The summed E-state index contributed by atoms with van der Waals surface area (Å²) in [5.74, 6) is 0. The van der Waals surface area contributed by atoms with Crippen LogP contribution in [0.2, 0.25) is 0 Å². The Balaban J connectivity index is 1.76. The lowest BCUT2D eigenvalue weighted by Gasteiger charge is -2.36. The SMILES string of the molecule is CS(=O)(=O)OPCCCCCCC(c1ccccc1)(c1ccccc1)c1ccccc1. The van der Waals surface area contributed by atoms with Crippen molar-refractivity contribution in [1.82, 2.24) is 0 Å². The maximum Gasteiger partial charge on any atom is 0.267 e. The maximum atomic E-state index is 11.1. The molecule has 0 saturated heterocycles. The van der Waals surface area contributed by atoms with Gasteiger partial charge in [-0.3, -0.25) is 3.97 Å². The van der Waals surface area contributed by atoms with Crippen molar-refractivity contribution in [3.8, 4) is 0 Å². The van der Waals surface area contributed by atoms with E-state index in [1.54, 1.807) is 0 Å². The van der Waals surface area contributed by atoms with Gasteiger partial charge in [-0.2, -0.15) is 8.42 Å². The number of rotatable bonds is 12. The van der Waals surface area contributed by atoms with E-state index in [0.29, 0.717) is 0 Å². The summed E-state index contributed by atoms with van der Waals surface area (Å²) in [6.45, 7) is 0. The summed E-state index contributed by atoms with van der Waals surface area (Å²) in [5.41, 5.74) is 3.76. The van der Waals surface area contributed by atoms with E-state index in [4.69, 9.17) is 3.97 Å². The Labute approximate surface area is 188 Å². The Morgan fingerprint density at radius 3 is 1.52 bits per heavy atom. The molecule has 3 aromatic rings. The van der Waals surface area contributed by atoms with E-state index in [2.05, 4.69) is 91.0 Å². The summed E-state index contributed by atoms with van der Waals surface area (Å²) >= 11 is 0. The first-order valence-electron chi connectivity index (χ1n) is 10.8. The number of hydrogen-bond donors (Lipinski definition) is 0. The highest BCUT2D eigenvalue weighted by Crippen LogP contribution is 2.43. The van der Waals surface area contributed by atoms with Crippen molar-refractivity contribution in [2.24, 2.45) is 0 Å². The van der Waals surface area contributed by atoms with Gasteiger partial charge in [-0.1, -0.05) is 110 Å². The third-order valence-electron chi connectivity index (χ3n) is 5.59. The van der Waals surface area contributed by atoms with Crippen LogP contribution in [0.1, 0.15) is 48.8 Å². The van der Waals surface area contributed by atoms with E-state index in [-0.39, 0.29) is 14.2 Å². The molecule has 164 valence electrons. The molecule has 0 heterocycles. The largest absolute Gasteiger partial charge is 0.267 e. The van der Waals surface area contributed by atoms with Gasteiger partial charge >= 0.3 is 0 Å². The highest BCUT2D eigenvalue weighted by molar-refractivity contribution is 7.88. The summed E-state index contributed by atoms with van der Waals surface area (Å²) in [4.78, 5) is 0. The lowest BCUT2D eigenvalue weighted by Crippen LogP contribution is -2.29. The van der Waals surface area contributed by atoms with Gasteiger partial charge in [-0.25, -0.2) is 0 Å². The molecule has 0 saturated carbocycles. The zero-order valence-corrected chi connectivity index (χ0v) is 19.9. The molecular formula is C26H31O3PS. The van der Waals surface area contributed by atoms with Crippen LogP contribution in [0.4, 0.5) is 0 Å². The second kappa shape index (κ2) is 11.6. The van der Waals surface area contributed by atoms with Crippen LogP contribution in [0.5, 0.6) is 0 Å². The van der Waals surface area contributed by atoms with Gasteiger partial charge in [0.15, 0.2) is 0 Å². The van der Waals surface area contributed by atoms with Crippen LogP contribution in [0.3, 0.4) is 0 Å². The van der Waals surface area contributed by atoms with Crippen LogP contribution in [-0.4, -0.2) is 20.8 Å². The molecule has 0 aliphatic rings. The van der Waals surface area contributed by atoms with Crippen LogP contribution >= 0.6 is 8.81 Å². The quantitative estimate of drug-likeness (QED) is 0.177. The molecule has 0 fully saturated rings. The van der Waals surface area contributed by atoms with Crippen LogP contribution in [-0.2, 0) is 19.5 Å². The van der Waals surface area contributed by atoms with Crippen LogP contribution in [0.15, 0.2) is 91.0 Å². The summed E-state index contributed by atoms with van der Waals surface area (Å²) in [6.07, 6.45) is 7.20. The normalized spacial score (nSPS) is 12.4. The van der Waals surface area contributed by atoms with Gasteiger partial charge in [0.2, 0.25) is 0 Å². The standard InChI is InChI=1S/C26H31O3PS/c1-31(27,28)29-30-22-14-3-2-13-21-26(23-15-7-4-8-16-23,24-17-9-5-10-18-24)25-19-11-6-12-20-25/h4-12,15-20,30H,2-3,13-14,21-22H2,1H3. The van der Waals surface area contributed by atoms with E-state index >= 15 is 0 Å². The topological polar surface area (TPSA) is 43.4 Å². The van der Waals surface area contributed by atoms with Gasteiger partial charge in [0.1, 0.15) is 0 Å². The zero-order valence-electron chi connectivity index (χ0n) is 18.0. The molecule has 5 heteroatoms. The van der Waals surface area contributed by atoms with Crippen LogP contribution in [0, 0.1) is 0 Å². The molecule has 31 heavy (non-hydrogen) atoms. The lowest BCUT2D eigenvalue weighted by atomic mass is 9.66. The molecule has 0 bridgehead atoms. The van der Waals surface area contributed by atoms with Crippen molar-refractivity contribution < 1.29 is 12.4 Å². The molecule has 0 aliphatic heterocycles. The molecule has 0 amide bonds. The molecule has 0 aliphatic carbocycles. The first-order valence-corrected chi connectivity index (χ1v) is 13.7. The number of benzene rings is 3. The molecule has 0 radical (unpaired) electrons. The Bertz CT molecular complexity index is 910. The maximum absolute atomic E-state index is 11.1. The molecule has 0 aromatic heterocycles. The molecule has 0 N–H and O–H groups in total. The van der Waals surface area contributed by atoms with Crippen molar-refractivity contribution in [1.29, 1.82) is 0 Å². The van der Waals surface area contributed by atoms with Crippen molar-refractivity contribution in [2.45, 2.75) is 37.5 Å². The predicted octanol–water partition coefficient (Wildman–Crippen LogP) is 6.54. The van der Waals surface area contributed by atoms with Gasteiger partial charge < -0.3 is 0 Å². The average Bonchev–Trinajstić information content (AvgIpc) is 2.79. The van der Waals surface area contributed by atoms with Crippen LogP contribution < -0.4 is 0 Å². The predicted molar refractivity (Wildman–Crippen MR) is 131 cm³/mol. The first-order chi connectivity index (χ1) is 15.0. The Morgan fingerprint density at radius 2 is 1.10 bits per heavy atom. The van der Waals surface area contributed by atoms with Crippen molar-refractivity contribution in [3.05, 3.63) is 108 Å². The van der Waals surface area contributed by atoms with Crippen LogP contribution in [0.25, 0.3) is 0 Å². The highest BCUT2D eigenvalue weighted by Gasteiger charge is 2.35.